The molecule has 6 atom stereocenters. The Kier molecular flexibility index (Phi) is 9.59. The van der Waals surface area contributed by atoms with E-state index < -0.39 is 45.8 Å². The van der Waals surface area contributed by atoms with Crippen molar-refractivity contribution >= 4 is 27.7 Å². The second-order valence-corrected chi connectivity index (χ2v) is 13.2. The van der Waals surface area contributed by atoms with Crippen molar-refractivity contribution in [1.82, 2.24) is 14.9 Å². The summed E-state index contributed by atoms with van der Waals surface area (Å²) in [5, 5.41) is 28.1. The number of nitrogens with one attached hydrogen (secondary N) is 2. The van der Waals surface area contributed by atoms with Gasteiger partial charge in [-0.15, -0.1) is 0 Å². The van der Waals surface area contributed by atoms with Crippen LogP contribution in [0.2, 0.25) is 0 Å². The second-order valence-electron chi connectivity index (χ2n) is 11.3. The first-order valence-corrected chi connectivity index (χ1v) is 15.9. The van der Waals surface area contributed by atoms with Crippen LogP contribution in [-0.4, -0.2) is 84.8 Å². The van der Waals surface area contributed by atoms with Crippen molar-refractivity contribution in [2.45, 2.75) is 73.8 Å². The molecular formula is C29H36N4O9S. The molecule has 1 saturated carbocycles. The number of non-ortho nitro benzene ring substituents is 1. The van der Waals surface area contributed by atoms with Gasteiger partial charge in [0.1, 0.15) is 6.10 Å². The van der Waals surface area contributed by atoms with Gasteiger partial charge in [0.15, 0.2) is 0 Å². The lowest BCUT2D eigenvalue weighted by molar-refractivity contribution is -0.384. The predicted molar refractivity (Wildman–Crippen MR) is 153 cm³/mol. The standard InChI is InChI=1S/C29H36N4O9S/c34-25(18-32(17-20-6-13-28(35)30-20)43(39,40)22-9-7-21(8-10-22)33(37)38)24(16-19-4-2-1-3-5-19)31-29(36)42-27-12-11-26-23(27)14-15-41-26/h1-5,7-10,20,23-27,34H,6,11-18H2,(H,30,35)(H,31,36)/t20-,23-,24+,25-,26-,27?/m1/s1. The van der Waals surface area contributed by atoms with Crippen LogP contribution in [-0.2, 0) is 30.7 Å². The van der Waals surface area contributed by atoms with Crippen molar-refractivity contribution in [2.75, 3.05) is 19.7 Å². The molecule has 0 spiro atoms. The highest BCUT2D eigenvalue weighted by Crippen LogP contribution is 2.37. The van der Waals surface area contributed by atoms with E-state index in [0.29, 0.717) is 19.4 Å². The lowest BCUT2D eigenvalue weighted by atomic mass is 10.0. The zero-order chi connectivity index (χ0) is 30.6. The van der Waals surface area contributed by atoms with Crippen LogP contribution in [0.25, 0.3) is 0 Å². The molecule has 0 radical (unpaired) electrons. The van der Waals surface area contributed by atoms with E-state index in [-0.39, 0.29) is 54.0 Å². The highest BCUT2D eigenvalue weighted by Gasteiger charge is 2.43. The van der Waals surface area contributed by atoms with Gasteiger partial charge in [0, 0.05) is 50.2 Å². The molecule has 2 amide bonds. The Hall–Kier alpha value is -3.59. The average Bonchev–Trinajstić information content (AvgIpc) is 3.72. The summed E-state index contributed by atoms with van der Waals surface area (Å²) in [6.45, 7) is 0.0912. The number of amides is 2. The SMILES string of the molecule is O=C1CC[C@H](CN(C[C@@H](O)[C@H](Cc2ccccc2)NC(=O)OC2CC[C@H]3OCC[C@@H]23)S(=O)(=O)c2ccc([N+](=O)[O-])cc2)N1. The highest BCUT2D eigenvalue weighted by molar-refractivity contribution is 7.89. The molecule has 0 bridgehead atoms. The monoisotopic (exact) mass is 616 g/mol. The number of alkyl carbamates (subject to hydrolysis) is 1. The fourth-order valence-corrected chi connectivity index (χ4v) is 7.61. The molecule has 0 aromatic heterocycles. The van der Waals surface area contributed by atoms with Gasteiger partial charge in [-0.3, -0.25) is 14.9 Å². The van der Waals surface area contributed by atoms with E-state index in [0.717, 1.165) is 47.0 Å². The zero-order valence-electron chi connectivity index (χ0n) is 23.5. The van der Waals surface area contributed by atoms with Gasteiger partial charge in [-0.05, 0) is 49.8 Å². The van der Waals surface area contributed by atoms with Crippen molar-refractivity contribution in [3.8, 4) is 0 Å². The van der Waals surface area contributed by atoms with E-state index in [9.17, 15) is 33.2 Å². The molecule has 232 valence electrons. The Morgan fingerprint density at radius 1 is 1.14 bits per heavy atom. The molecule has 2 aromatic rings. The Balaban J connectivity index is 1.35. The van der Waals surface area contributed by atoms with Crippen LogP contribution in [0.15, 0.2) is 59.5 Å². The number of benzene rings is 2. The van der Waals surface area contributed by atoms with Gasteiger partial charge >= 0.3 is 6.09 Å². The van der Waals surface area contributed by atoms with E-state index in [2.05, 4.69) is 10.6 Å². The van der Waals surface area contributed by atoms with Gasteiger partial charge in [-0.2, -0.15) is 4.31 Å². The molecule has 2 saturated heterocycles. The number of carbonyl (C=O) groups is 2. The minimum absolute atomic E-state index is 0.0813. The second kappa shape index (κ2) is 13.4. The Bertz CT molecular complexity index is 1410. The van der Waals surface area contributed by atoms with E-state index in [4.69, 9.17) is 9.47 Å². The quantitative estimate of drug-likeness (QED) is 0.238. The van der Waals surface area contributed by atoms with Crippen molar-refractivity contribution in [3.63, 3.8) is 0 Å². The first-order chi connectivity index (χ1) is 20.6. The molecule has 2 aliphatic heterocycles. The maximum Gasteiger partial charge on any atom is 0.407 e. The van der Waals surface area contributed by atoms with Crippen molar-refractivity contribution in [2.24, 2.45) is 5.92 Å². The number of sulfonamides is 1. The minimum atomic E-state index is -4.27. The summed E-state index contributed by atoms with van der Waals surface area (Å²) in [7, 11) is -4.27. The molecule has 1 aliphatic carbocycles. The van der Waals surface area contributed by atoms with E-state index >= 15 is 0 Å². The van der Waals surface area contributed by atoms with Crippen molar-refractivity contribution in [3.05, 3.63) is 70.3 Å². The summed E-state index contributed by atoms with van der Waals surface area (Å²) in [5.41, 5.74) is 0.543. The largest absolute Gasteiger partial charge is 0.446 e. The number of fused-ring (bicyclic) bond motifs is 1. The van der Waals surface area contributed by atoms with Crippen LogP contribution in [0, 0.1) is 16.0 Å². The molecule has 2 heterocycles. The number of aliphatic hydroxyl groups excluding tert-OH is 1. The van der Waals surface area contributed by atoms with Gasteiger partial charge in [-0.1, -0.05) is 30.3 Å². The third-order valence-electron chi connectivity index (χ3n) is 8.38. The summed E-state index contributed by atoms with van der Waals surface area (Å²) < 4.78 is 40.0. The van der Waals surface area contributed by atoms with Gasteiger partial charge < -0.3 is 25.2 Å². The molecule has 2 aromatic carbocycles. The molecule has 5 rings (SSSR count). The summed E-state index contributed by atoms with van der Waals surface area (Å²) in [5.74, 6) is -0.0707. The van der Waals surface area contributed by atoms with E-state index in [1.54, 1.807) is 0 Å². The number of ether oxygens (including phenoxy) is 2. The minimum Gasteiger partial charge on any atom is -0.446 e. The third-order valence-corrected chi connectivity index (χ3v) is 10.2. The number of nitro benzene ring substituents is 1. The lowest BCUT2D eigenvalue weighted by Gasteiger charge is -2.31. The molecule has 3 N–H and O–H groups in total. The molecule has 3 fully saturated rings. The summed E-state index contributed by atoms with van der Waals surface area (Å²) in [4.78, 5) is 35.2. The number of nitro groups is 1. The highest BCUT2D eigenvalue weighted by atomic mass is 32.2. The topological polar surface area (TPSA) is 177 Å². The molecule has 14 heteroatoms. The summed E-state index contributed by atoms with van der Waals surface area (Å²) in [6, 6.07) is 12.2. The normalized spacial score (nSPS) is 24.7. The maximum atomic E-state index is 13.8. The first kappa shape index (κ1) is 30.9. The number of aliphatic hydroxyl groups is 1. The summed E-state index contributed by atoms with van der Waals surface area (Å²) >= 11 is 0. The van der Waals surface area contributed by atoms with Crippen LogP contribution < -0.4 is 10.6 Å². The van der Waals surface area contributed by atoms with Crippen LogP contribution in [0.3, 0.4) is 0 Å². The molecule has 43 heavy (non-hydrogen) atoms. The van der Waals surface area contributed by atoms with Gasteiger partial charge in [-0.25, -0.2) is 13.2 Å². The van der Waals surface area contributed by atoms with Crippen molar-refractivity contribution < 1.29 is 37.5 Å². The number of hydrogen-bond donors (Lipinski definition) is 3. The molecule has 3 aliphatic rings. The number of nitrogens with zero attached hydrogens (tertiary/aromatic N) is 2. The molecule has 13 nitrogen and oxygen atoms in total. The third kappa shape index (κ3) is 7.50. The lowest BCUT2D eigenvalue weighted by Crippen LogP contribution is -2.52. The Labute approximate surface area is 249 Å². The fourth-order valence-electron chi connectivity index (χ4n) is 6.11. The predicted octanol–water partition coefficient (Wildman–Crippen LogP) is 2.13. The van der Waals surface area contributed by atoms with E-state index in [1.807, 2.05) is 30.3 Å². The van der Waals surface area contributed by atoms with Gasteiger partial charge in [0.25, 0.3) is 5.69 Å². The summed E-state index contributed by atoms with van der Waals surface area (Å²) in [6.07, 6.45) is 0.867. The number of rotatable bonds is 12. The van der Waals surface area contributed by atoms with Gasteiger partial charge in [0.05, 0.1) is 28.1 Å². The Morgan fingerprint density at radius 3 is 2.56 bits per heavy atom. The van der Waals surface area contributed by atoms with Crippen LogP contribution in [0.4, 0.5) is 10.5 Å². The smallest absolute Gasteiger partial charge is 0.407 e. The zero-order valence-corrected chi connectivity index (χ0v) is 24.4. The maximum absolute atomic E-state index is 13.8. The molecular weight excluding hydrogens is 580 g/mol. The molecule has 1 unspecified atom stereocenters. The Morgan fingerprint density at radius 2 is 1.88 bits per heavy atom. The van der Waals surface area contributed by atoms with Crippen LogP contribution in [0.5, 0.6) is 0 Å². The van der Waals surface area contributed by atoms with Crippen LogP contribution >= 0.6 is 0 Å². The number of carbonyl (C=O) groups excluding carboxylic acids is 2. The van der Waals surface area contributed by atoms with E-state index in [1.165, 1.54) is 0 Å². The van der Waals surface area contributed by atoms with Crippen LogP contribution in [0.1, 0.15) is 37.7 Å². The van der Waals surface area contributed by atoms with Gasteiger partial charge in [0.2, 0.25) is 15.9 Å². The average molecular weight is 617 g/mol. The number of hydrogen-bond acceptors (Lipinski definition) is 9. The van der Waals surface area contributed by atoms with Crippen molar-refractivity contribution in [1.29, 1.82) is 0 Å². The fraction of sp³-hybridized carbons (Fsp3) is 0.517. The first-order valence-electron chi connectivity index (χ1n) is 14.4.